The number of rotatable bonds is 23. The summed E-state index contributed by atoms with van der Waals surface area (Å²) in [7, 11) is -3.32. The van der Waals surface area contributed by atoms with Gasteiger partial charge in [0, 0.05) is 6.42 Å². The fourth-order valence-electron chi connectivity index (χ4n) is 3.86. The van der Waals surface area contributed by atoms with E-state index in [1.54, 1.807) is 0 Å². The van der Waals surface area contributed by atoms with Crippen LogP contribution in [0.1, 0.15) is 110 Å². The molecule has 0 rings (SSSR count). The molecule has 0 bridgehead atoms. The Balaban J connectivity index is 3.66. The quantitative estimate of drug-likeness (QED) is 0.0795. The Morgan fingerprint density at radius 2 is 1.03 bits per heavy atom. The maximum atomic E-state index is 12.1. The van der Waals surface area contributed by atoms with E-state index in [1.165, 1.54) is 83.5 Å². The highest BCUT2D eigenvalue weighted by Gasteiger charge is 2.25. The fourth-order valence-corrected chi connectivity index (χ4v) is 5.68. The molecule has 0 amide bonds. The molecule has 0 N–H and O–H groups in total. The zero-order chi connectivity index (χ0) is 25.0. The molecule has 0 aliphatic carbocycles. The van der Waals surface area contributed by atoms with Crippen molar-refractivity contribution < 1.29 is 18.4 Å². The van der Waals surface area contributed by atoms with Crippen molar-refractivity contribution in [2.45, 2.75) is 155 Å². The van der Waals surface area contributed by atoms with Crippen molar-refractivity contribution in [1.82, 2.24) is 0 Å². The molecule has 0 saturated heterocycles. The molecule has 33 heavy (non-hydrogen) atoms. The lowest BCUT2D eigenvalue weighted by molar-refractivity contribution is -0.146. The second kappa shape index (κ2) is 20.1. The van der Waals surface area contributed by atoms with Gasteiger partial charge in [0.25, 0.3) is 0 Å². The molecule has 198 valence electrons. The summed E-state index contributed by atoms with van der Waals surface area (Å²) in [4.78, 5) is 12.1. The van der Waals surface area contributed by atoms with Gasteiger partial charge in [-0.3, -0.25) is 4.79 Å². The van der Waals surface area contributed by atoms with Crippen molar-refractivity contribution in [2.75, 3.05) is 13.2 Å². The van der Waals surface area contributed by atoms with E-state index < -0.39 is 16.6 Å². The van der Waals surface area contributed by atoms with E-state index in [1.807, 2.05) is 0 Å². The largest absolute Gasteiger partial charge is 0.463 e. The van der Waals surface area contributed by atoms with E-state index in [-0.39, 0.29) is 12.1 Å². The minimum absolute atomic E-state index is 0.0955. The van der Waals surface area contributed by atoms with Gasteiger partial charge in [-0.15, -0.1) is 0 Å². The van der Waals surface area contributed by atoms with Crippen molar-refractivity contribution in [3.8, 4) is 0 Å². The van der Waals surface area contributed by atoms with Crippen molar-refractivity contribution in [3.05, 3.63) is 0 Å². The second-order valence-electron chi connectivity index (χ2n) is 11.7. The van der Waals surface area contributed by atoms with Crippen LogP contribution in [0.4, 0.5) is 0 Å². The molecule has 0 aliphatic heterocycles. The standard InChI is InChI=1S/C27H58O4Si2/c1-8-9-10-11-12-13-14-15-16-17-18-19-20-21-22-23-27(28)29-24-26(31-33(5,6)7)25-30-32(2,3)4/h26H,8-25H2,1-7H3. The van der Waals surface area contributed by atoms with Gasteiger partial charge in [-0.1, -0.05) is 96.8 Å². The topological polar surface area (TPSA) is 44.8 Å². The molecule has 6 heteroatoms. The molecule has 0 aromatic heterocycles. The highest BCUT2D eigenvalue weighted by Crippen LogP contribution is 2.15. The molecule has 1 atom stereocenters. The lowest BCUT2D eigenvalue weighted by Gasteiger charge is -2.28. The van der Waals surface area contributed by atoms with Gasteiger partial charge in [0.1, 0.15) is 12.7 Å². The molecule has 1 unspecified atom stereocenters. The zero-order valence-corrected chi connectivity index (χ0v) is 25.4. The Labute approximate surface area is 209 Å². The number of esters is 1. The number of carbonyl (C=O) groups excluding carboxylic acids is 1. The predicted molar refractivity (Wildman–Crippen MR) is 148 cm³/mol. The molecule has 0 saturated carbocycles. The summed E-state index contributed by atoms with van der Waals surface area (Å²) in [5.41, 5.74) is 0. The maximum absolute atomic E-state index is 12.1. The Kier molecular flexibility index (Phi) is 20.0. The van der Waals surface area contributed by atoms with Gasteiger partial charge in [0.2, 0.25) is 0 Å². The summed E-state index contributed by atoms with van der Waals surface area (Å²) in [6.07, 6.45) is 20.4. The molecule has 4 nitrogen and oxygen atoms in total. The average molecular weight is 503 g/mol. The molecular weight excluding hydrogens is 444 g/mol. The van der Waals surface area contributed by atoms with Gasteiger partial charge in [0.15, 0.2) is 16.6 Å². The van der Waals surface area contributed by atoms with Crippen LogP contribution in [-0.4, -0.2) is 41.9 Å². The predicted octanol–water partition coefficient (Wildman–Crippen LogP) is 8.86. The third kappa shape index (κ3) is 26.3. The van der Waals surface area contributed by atoms with Crippen molar-refractivity contribution in [1.29, 1.82) is 0 Å². The van der Waals surface area contributed by atoms with Crippen LogP contribution in [0.25, 0.3) is 0 Å². The first kappa shape index (κ1) is 32.8. The highest BCUT2D eigenvalue weighted by molar-refractivity contribution is 6.70. The summed E-state index contributed by atoms with van der Waals surface area (Å²) in [5.74, 6) is -0.0955. The fraction of sp³-hybridized carbons (Fsp3) is 0.963. The Morgan fingerprint density at radius 1 is 0.606 bits per heavy atom. The molecule has 0 aromatic carbocycles. The summed E-state index contributed by atoms with van der Waals surface area (Å²) in [6.45, 7) is 16.1. The molecule has 0 fully saturated rings. The minimum Gasteiger partial charge on any atom is -0.463 e. The Bertz CT molecular complexity index is 458. The SMILES string of the molecule is CCCCCCCCCCCCCCCCCC(=O)OCC(CO[Si](C)(C)C)O[Si](C)(C)C. The van der Waals surface area contributed by atoms with Crippen LogP contribution < -0.4 is 0 Å². The monoisotopic (exact) mass is 502 g/mol. The first-order valence-corrected chi connectivity index (χ1v) is 20.8. The molecule has 0 aromatic rings. The smallest absolute Gasteiger partial charge is 0.305 e. The molecule has 0 radical (unpaired) electrons. The van der Waals surface area contributed by atoms with Gasteiger partial charge in [-0.2, -0.15) is 0 Å². The zero-order valence-electron chi connectivity index (χ0n) is 23.4. The van der Waals surface area contributed by atoms with Crippen molar-refractivity contribution in [2.24, 2.45) is 0 Å². The summed E-state index contributed by atoms with van der Waals surface area (Å²) in [6, 6.07) is 0. The first-order valence-electron chi connectivity index (χ1n) is 14.0. The average Bonchev–Trinajstić information content (AvgIpc) is 2.71. The number of hydrogen-bond acceptors (Lipinski definition) is 4. The highest BCUT2D eigenvalue weighted by atomic mass is 28.4. The van der Waals surface area contributed by atoms with E-state index in [0.29, 0.717) is 19.6 Å². The van der Waals surface area contributed by atoms with Crippen LogP contribution >= 0.6 is 0 Å². The van der Waals surface area contributed by atoms with Gasteiger partial charge in [0.05, 0.1) is 6.61 Å². The van der Waals surface area contributed by atoms with Crippen LogP contribution in [0.15, 0.2) is 0 Å². The summed E-state index contributed by atoms with van der Waals surface area (Å²) >= 11 is 0. The van der Waals surface area contributed by atoms with E-state index in [2.05, 4.69) is 46.2 Å². The van der Waals surface area contributed by atoms with Gasteiger partial charge in [-0.05, 0) is 45.7 Å². The second-order valence-corrected chi connectivity index (χ2v) is 20.6. The first-order chi connectivity index (χ1) is 15.5. The van der Waals surface area contributed by atoms with Crippen LogP contribution in [0.5, 0.6) is 0 Å². The van der Waals surface area contributed by atoms with E-state index in [0.717, 1.165) is 12.8 Å². The van der Waals surface area contributed by atoms with Crippen molar-refractivity contribution >= 4 is 22.6 Å². The summed E-state index contributed by atoms with van der Waals surface area (Å²) < 4.78 is 17.7. The van der Waals surface area contributed by atoms with Gasteiger partial charge < -0.3 is 13.6 Å². The van der Waals surface area contributed by atoms with E-state index in [4.69, 9.17) is 13.6 Å². The normalized spacial score (nSPS) is 13.3. The number of ether oxygens (including phenoxy) is 1. The van der Waals surface area contributed by atoms with E-state index in [9.17, 15) is 4.79 Å². The molecular formula is C27H58O4Si2. The Hall–Kier alpha value is -0.176. The number of carbonyl (C=O) groups is 1. The molecule has 0 aliphatic rings. The minimum atomic E-state index is -1.71. The maximum Gasteiger partial charge on any atom is 0.305 e. The number of hydrogen-bond donors (Lipinski definition) is 0. The third-order valence-electron chi connectivity index (χ3n) is 5.64. The van der Waals surface area contributed by atoms with Crippen LogP contribution in [0, 0.1) is 0 Å². The van der Waals surface area contributed by atoms with Crippen molar-refractivity contribution in [3.63, 3.8) is 0 Å². The molecule has 0 heterocycles. The van der Waals surface area contributed by atoms with Crippen LogP contribution in [-0.2, 0) is 18.4 Å². The lowest BCUT2D eigenvalue weighted by atomic mass is 10.0. The van der Waals surface area contributed by atoms with Gasteiger partial charge in [-0.25, -0.2) is 0 Å². The van der Waals surface area contributed by atoms with Crippen LogP contribution in [0.3, 0.4) is 0 Å². The Morgan fingerprint density at radius 3 is 1.42 bits per heavy atom. The summed E-state index contributed by atoms with van der Waals surface area (Å²) in [5, 5.41) is 0. The van der Waals surface area contributed by atoms with E-state index >= 15 is 0 Å². The van der Waals surface area contributed by atoms with Crippen LogP contribution in [0.2, 0.25) is 39.3 Å². The lowest BCUT2D eigenvalue weighted by Crippen LogP contribution is -2.40. The number of unbranched alkanes of at least 4 members (excludes halogenated alkanes) is 14. The third-order valence-corrected chi connectivity index (χ3v) is 7.71. The van der Waals surface area contributed by atoms with Gasteiger partial charge >= 0.3 is 5.97 Å². The molecule has 0 spiro atoms.